The Bertz CT molecular complexity index is 490. The molecule has 0 spiro atoms. The van der Waals surface area contributed by atoms with Gasteiger partial charge in [0.25, 0.3) is 5.91 Å². The standard InChI is InChI=1S/C15H21FN2O3/c1-21-15(6-8-17-9-7-15)14(20)18-10-13(19)11-4-2-3-5-12(11)16/h2-5,13,17,19H,6-10H2,1H3,(H,18,20). The molecule has 0 aromatic heterocycles. The van der Waals surface area contributed by atoms with Crippen molar-refractivity contribution < 1.29 is 19.0 Å². The predicted molar refractivity (Wildman–Crippen MR) is 76.2 cm³/mol. The molecule has 3 N–H and O–H groups in total. The number of piperidine rings is 1. The van der Waals surface area contributed by atoms with E-state index >= 15 is 0 Å². The Morgan fingerprint density at radius 1 is 1.48 bits per heavy atom. The van der Waals surface area contributed by atoms with Crippen molar-refractivity contribution in [2.45, 2.75) is 24.5 Å². The molecule has 0 radical (unpaired) electrons. The molecule has 0 bridgehead atoms. The lowest BCUT2D eigenvalue weighted by atomic mass is 9.91. The molecule has 0 aliphatic carbocycles. The van der Waals surface area contributed by atoms with Crippen LogP contribution in [0.15, 0.2) is 24.3 Å². The van der Waals surface area contributed by atoms with E-state index in [1.165, 1.54) is 19.2 Å². The van der Waals surface area contributed by atoms with Crippen LogP contribution in [0.25, 0.3) is 0 Å². The third-order valence-electron chi connectivity index (χ3n) is 3.94. The maximum absolute atomic E-state index is 13.6. The summed E-state index contributed by atoms with van der Waals surface area (Å²) in [6.07, 6.45) is 0.0711. The first-order chi connectivity index (χ1) is 10.1. The Morgan fingerprint density at radius 2 is 2.14 bits per heavy atom. The molecule has 116 valence electrons. The maximum Gasteiger partial charge on any atom is 0.252 e. The lowest BCUT2D eigenvalue weighted by molar-refractivity contribution is -0.147. The molecule has 21 heavy (non-hydrogen) atoms. The molecular weight excluding hydrogens is 275 g/mol. The number of carbonyl (C=O) groups is 1. The van der Waals surface area contributed by atoms with Gasteiger partial charge in [-0.2, -0.15) is 0 Å². The summed E-state index contributed by atoms with van der Waals surface area (Å²) >= 11 is 0. The highest BCUT2D eigenvalue weighted by Crippen LogP contribution is 2.23. The van der Waals surface area contributed by atoms with Crippen LogP contribution in [0, 0.1) is 5.82 Å². The summed E-state index contributed by atoms with van der Waals surface area (Å²) in [5.41, 5.74) is -0.685. The summed E-state index contributed by atoms with van der Waals surface area (Å²) in [6.45, 7) is 1.37. The van der Waals surface area contributed by atoms with Crippen molar-refractivity contribution in [3.63, 3.8) is 0 Å². The highest BCUT2D eigenvalue weighted by Gasteiger charge is 2.39. The monoisotopic (exact) mass is 296 g/mol. The van der Waals surface area contributed by atoms with Crippen LogP contribution in [0.1, 0.15) is 24.5 Å². The molecule has 5 nitrogen and oxygen atoms in total. The first kappa shape index (κ1) is 15.9. The van der Waals surface area contributed by atoms with Crippen LogP contribution in [0.5, 0.6) is 0 Å². The first-order valence-corrected chi connectivity index (χ1v) is 7.06. The minimum atomic E-state index is -1.08. The van der Waals surface area contributed by atoms with Crippen molar-refractivity contribution in [2.75, 3.05) is 26.7 Å². The normalized spacial score (nSPS) is 19.0. The average molecular weight is 296 g/mol. The maximum atomic E-state index is 13.6. The molecule has 6 heteroatoms. The van der Waals surface area contributed by atoms with E-state index in [9.17, 15) is 14.3 Å². The zero-order chi connectivity index (χ0) is 15.3. The van der Waals surface area contributed by atoms with E-state index in [2.05, 4.69) is 10.6 Å². The number of aliphatic hydroxyl groups is 1. The van der Waals surface area contributed by atoms with E-state index in [1.807, 2.05) is 0 Å². The first-order valence-electron chi connectivity index (χ1n) is 7.06. The van der Waals surface area contributed by atoms with Gasteiger partial charge in [-0.25, -0.2) is 4.39 Å². The molecule has 1 aliphatic rings. The van der Waals surface area contributed by atoms with Crippen molar-refractivity contribution in [1.82, 2.24) is 10.6 Å². The van der Waals surface area contributed by atoms with E-state index in [0.29, 0.717) is 25.9 Å². The van der Waals surface area contributed by atoms with Gasteiger partial charge in [-0.15, -0.1) is 0 Å². The number of nitrogens with one attached hydrogen (secondary N) is 2. The molecule has 2 rings (SSSR count). The zero-order valence-electron chi connectivity index (χ0n) is 12.1. The van der Waals surface area contributed by atoms with Crippen molar-refractivity contribution >= 4 is 5.91 Å². The Labute approximate surface area is 123 Å². The summed E-state index contributed by atoms with van der Waals surface area (Å²) in [5, 5.41) is 15.8. The van der Waals surface area contributed by atoms with Gasteiger partial charge in [0, 0.05) is 19.2 Å². The second kappa shape index (κ2) is 6.98. The van der Waals surface area contributed by atoms with E-state index in [1.54, 1.807) is 12.1 Å². The molecular formula is C15H21FN2O3. The van der Waals surface area contributed by atoms with E-state index < -0.39 is 17.5 Å². The van der Waals surface area contributed by atoms with Crippen LogP contribution in [-0.4, -0.2) is 43.4 Å². The highest BCUT2D eigenvalue weighted by atomic mass is 19.1. The van der Waals surface area contributed by atoms with Gasteiger partial charge in [0.15, 0.2) is 0 Å². The average Bonchev–Trinajstić information content (AvgIpc) is 2.53. The van der Waals surface area contributed by atoms with Crippen molar-refractivity contribution in [1.29, 1.82) is 0 Å². The molecule has 1 aromatic rings. The zero-order valence-corrected chi connectivity index (χ0v) is 12.1. The summed E-state index contributed by atoms with van der Waals surface area (Å²) < 4.78 is 18.9. The molecule has 1 unspecified atom stereocenters. The summed E-state index contributed by atoms with van der Waals surface area (Å²) in [4.78, 5) is 12.3. The molecule has 1 amide bonds. The Hall–Kier alpha value is -1.50. The van der Waals surface area contributed by atoms with Crippen LogP contribution in [-0.2, 0) is 9.53 Å². The fourth-order valence-electron chi connectivity index (χ4n) is 2.56. The largest absolute Gasteiger partial charge is 0.386 e. The smallest absolute Gasteiger partial charge is 0.252 e. The Kier molecular flexibility index (Phi) is 5.27. The minimum Gasteiger partial charge on any atom is -0.386 e. The van der Waals surface area contributed by atoms with Crippen LogP contribution in [0.3, 0.4) is 0 Å². The molecule has 1 saturated heterocycles. The summed E-state index contributed by atoms with van der Waals surface area (Å²) in [5.74, 6) is -0.746. The highest BCUT2D eigenvalue weighted by molar-refractivity contribution is 5.85. The second-order valence-corrected chi connectivity index (χ2v) is 5.20. The third kappa shape index (κ3) is 3.58. The quantitative estimate of drug-likeness (QED) is 0.750. The molecule has 0 saturated carbocycles. The number of hydrogen-bond donors (Lipinski definition) is 3. The topological polar surface area (TPSA) is 70.6 Å². The summed E-state index contributed by atoms with van der Waals surface area (Å²) in [7, 11) is 1.51. The third-order valence-corrected chi connectivity index (χ3v) is 3.94. The van der Waals surface area contributed by atoms with Crippen LogP contribution < -0.4 is 10.6 Å². The van der Waals surface area contributed by atoms with E-state index in [0.717, 1.165) is 0 Å². The fraction of sp³-hybridized carbons (Fsp3) is 0.533. The Balaban J connectivity index is 1.95. The van der Waals surface area contributed by atoms with Gasteiger partial charge in [-0.1, -0.05) is 18.2 Å². The molecule has 1 aromatic carbocycles. The molecule has 1 fully saturated rings. The molecule has 1 atom stereocenters. The minimum absolute atomic E-state index is 0.0433. The van der Waals surface area contributed by atoms with Gasteiger partial charge in [-0.05, 0) is 32.0 Å². The predicted octanol–water partition coefficient (Wildman–Crippen LogP) is 0.744. The Morgan fingerprint density at radius 3 is 2.76 bits per heavy atom. The van der Waals surface area contributed by atoms with Gasteiger partial charge in [0.2, 0.25) is 0 Å². The summed E-state index contributed by atoms with van der Waals surface area (Å²) in [6, 6.07) is 5.98. The van der Waals surface area contributed by atoms with Gasteiger partial charge in [0.1, 0.15) is 11.4 Å². The van der Waals surface area contributed by atoms with Gasteiger partial charge in [0.05, 0.1) is 6.10 Å². The molecule has 1 aliphatic heterocycles. The van der Waals surface area contributed by atoms with Crippen molar-refractivity contribution in [2.24, 2.45) is 0 Å². The number of carbonyl (C=O) groups excluding carboxylic acids is 1. The van der Waals surface area contributed by atoms with Crippen LogP contribution in [0.2, 0.25) is 0 Å². The lowest BCUT2D eigenvalue weighted by Gasteiger charge is -2.35. The number of benzene rings is 1. The SMILES string of the molecule is COC1(C(=O)NCC(O)c2ccccc2F)CCNCC1. The number of methoxy groups -OCH3 is 1. The van der Waals surface area contributed by atoms with Crippen molar-refractivity contribution in [3.8, 4) is 0 Å². The molecule has 1 heterocycles. The van der Waals surface area contributed by atoms with Crippen LogP contribution >= 0.6 is 0 Å². The number of hydrogen-bond acceptors (Lipinski definition) is 4. The second-order valence-electron chi connectivity index (χ2n) is 5.20. The van der Waals surface area contributed by atoms with E-state index in [-0.39, 0.29) is 18.0 Å². The lowest BCUT2D eigenvalue weighted by Crippen LogP contribution is -2.54. The number of aliphatic hydroxyl groups excluding tert-OH is 1. The number of amides is 1. The fourth-order valence-corrected chi connectivity index (χ4v) is 2.56. The van der Waals surface area contributed by atoms with E-state index in [4.69, 9.17) is 4.74 Å². The number of rotatable bonds is 5. The van der Waals surface area contributed by atoms with Gasteiger partial charge < -0.3 is 20.5 Å². The number of halogens is 1. The van der Waals surface area contributed by atoms with Gasteiger partial charge in [-0.3, -0.25) is 4.79 Å². The van der Waals surface area contributed by atoms with Crippen LogP contribution in [0.4, 0.5) is 4.39 Å². The van der Waals surface area contributed by atoms with Crippen molar-refractivity contribution in [3.05, 3.63) is 35.6 Å². The van der Waals surface area contributed by atoms with Gasteiger partial charge >= 0.3 is 0 Å². The number of ether oxygens (including phenoxy) is 1.